The minimum absolute atomic E-state index is 0.228. The van der Waals surface area contributed by atoms with E-state index in [1.165, 1.54) is 6.07 Å². The van der Waals surface area contributed by atoms with Gasteiger partial charge in [-0.2, -0.15) is 0 Å². The lowest BCUT2D eigenvalue weighted by Crippen LogP contribution is -2.12. The fourth-order valence-electron chi connectivity index (χ4n) is 2.26. The molecule has 1 heterocycles. The Hall–Kier alpha value is -2.33. The standard InChI is InChI=1S/C16H11ClFN2O/c1-20-9-12(11-4-2-3-5-15(11)20)16(21)19-14-8-10(18)6-7-13(14)17/h2-5,7-9H,1H3,(H,19,21). The summed E-state index contributed by atoms with van der Waals surface area (Å²) in [6.45, 7) is 0. The van der Waals surface area contributed by atoms with Gasteiger partial charge in [0.2, 0.25) is 0 Å². The Balaban J connectivity index is 2.00. The molecule has 0 aliphatic rings. The maximum Gasteiger partial charge on any atom is 0.257 e. The lowest BCUT2D eigenvalue weighted by molar-refractivity contribution is 0.102. The lowest BCUT2D eigenvalue weighted by Gasteiger charge is -2.06. The van der Waals surface area contributed by atoms with E-state index >= 15 is 0 Å². The third-order valence-electron chi connectivity index (χ3n) is 3.25. The van der Waals surface area contributed by atoms with Crippen molar-refractivity contribution in [2.24, 2.45) is 7.05 Å². The fourth-order valence-corrected chi connectivity index (χ4v) is 2.41. The third-order valence-corrected chi connectivity index (χ3v) is 3.57. The number of fused-ring (bicyclic) bond motifs is 1. The number of hydrogen-bond donors (Lipinski definition) is 1. The van der Waals surface area contributed by atoms with Gasteiger partial charge in [0.05, 0.1) is 16.3 Å². The predicted octanol–water partition coefficient (Wildman–Crippen LogP) is 4.02. The molecule has 3 rings (SSSR count). The Morgan fingerprint density at radius 2 is 2.14 bits per heavy atom. The van der Waals surface area contributed by atoms with E-state index in [0.717, 1.165) is 17.0 Å². The average Bonchev–Trinajstić information content (AvgIpc) is 2.81. The summed E-state index contributed by atoms with van der Waals surface area (Å²) in [5.74, 6) is -0.910. The molecule has 1 radical (unpaired) electrons. The predicted molar refractivity (Wildman–Crippen MR) is 81.1 cm³/mol. The van der Waals surface area contributed by atoms with Crippen LogP contribution in [0.4, 0.5) is 10.1 Å². The normalized spacial score (nSPS) is 10.8. The van der Waals surface area contributed by atoms with Gasteiger partial charge < -0.3 is 9.88 Å². The summed E-state index contributed by atoms with van der Waals surface area (Å²) in [4.78, 5) is 12.4. The highest BCUT2D eigenvalue weighted by Crippen LogP contribution is 2.25. The molecule has 0 fully saturated rings. The van der Waals surface area contributed by atoms with Crippen molar-refractivity contribution < 1.29 is 9.18 Å². The van der Waals surface area contributed by atoms with Crippen LogP contribution >= 0.6 is 11.6 Å². The number of halogens is 2. The molecule has 0 saturated heterocycles. The van der Waals surface area contributed by atoms with Gasteiger partial charge in [0, 0.05) is 30.2 Å². The number of benzene rings is 2. The zero-order valence-electron chi connectivity index (χ0n) is 11.2. The smallest absolute Gasteiger partial charge is 0.257 e. The van der Waals surface area contributed by atoms with E-state index < -0.39 is 5.82 Å². The molecular formula is C16H11ClFN2O. The topological polar surface area (TPSA) is 34.0 Å². The van der Waals surface area contributed by atoms with Crippen molar-refractivity contribution in [1.82, 2.24) is 4.57 Å². The SMILES string of the molecule is Cn1cc(C(=O)Nc2cc(F)[c]cc2Cl)c2ccccc21. The molecular weight excluding hydrogens is 291 g/mol. The molecule has 0 aliphatic carbocycles. The third kappa shape index (κ3) is 2.50. The van der Waals surface area contributed by atoms with Gasteiger partial charge in [-0.3, -0.25) is 4.79 Å². The van der Waals surface area contributed by atoms with Crippen LogP contribution in [0, 0.1) is 11.9 Å². The van der Waals surface area contributed by atoms with Gasteiger partial charge in [0.1, 0.15) is 5.82 Å². The molecule has 0 aliphatic heterocycles. The van der Waals surface area contributed by atoms with Gasteiger partial charge in [0.15, 0.2) is 0 Å². The second-order valence-corrected chi connectivity index (χ2v) is 5.07. The van der Waals surface area contributed by atoms with Gasteiger partial charge >= 0.3 is 0 Å². The Morgan fingerprint density at radius 1 is 1.38 bits per heavy atom. The van der Waals surface area contributed by atoms with Crippen LogP contribution in [0.2, 0.25) is 5.02 Å². The molecule has 105 valence electrons. The van der Waals surface area contributed by atoms with E-state index in [2.05, 4.69) is 11.4 Å². The summed E-state index contributed by atoms with van der Waals surface area (Å²) < 4.78 is 15.1. The number of nitrogens with one attached hydrogen (secondary N) is 1. The van der Waals surface area contributed by atoms with E-state index in [4.69, 9.17) is 11.6 Å². The summed E-state index contributed by atoms with van der Waals surface area (Å²) in [6, 6.07) is 12.3. The Kier molecular flexibility index (Phi) is 3.39. The molecule has 21 heavy (non-hydrogen) atoms. The van der Waals surface area contributed by atoms with Crippen LogP contribution in [0.5, 0.6) is 0 Å². The summed E-state index contributed by atoms with van der Waals surface area (Å²) in [6.07, 6.45) is 1.74. The van der Waals surface area contributed by atoms with Crippen molar-refractivity contribution in [3.63, 3.8) is 0 Å². The zero-order valence-corrected chi connectivity index (χ0v) is 11.9. The van der Waals surface area contributed by atoms with Crippen molar-refractivity contribution in [1.29, 1.82) is 0 Å². The van der Waals surface area contributed by atoms with Crippen molar-refractivity contribution in [2.75, 3.05) is 5.32 Å². The number of carbonyl (C=O) groups is 1. The van der Waals surface area contributed by atoms with Crippen molar-refractivity contribution >= 4 is 34.1 Å². The highest BCUT2D eigenvalue weighted by atomic mass is 35.5. The number of nitrogens with zero attached hydrogens (tertiary/aromatic N) is 1. The molecule has 0 spiro atoms. The summed E-state index contributed by atoms with van der Waals surface area (Å²) in [7, 11) is 1.86. The number of rotatable bonds is 2. The van der Waals surface area contributed by atoms with Crippen LogP contribution in [-0.2, 0) is 7.05 Å². The van der Waals surface area contributed by atoms with Crippen LogP contribution < -0.4 is 5.32 Å². The number of aromatic nitrogens is 1. The molecule has 0 atom stereocenters. The molecule has 0 bridgehead atoms. The maximum atomic E-state index is 13.2. The molecule has 1 N–H and O–H groups in total. The second-order valence-electron chi connectivity index (χ2n) is 4.67. The molecule has 5 heteroatoms. The lowest BCUT2D eigenvalue weighted by atomic mass is 10.1. The van der Waals surface area contributed by atoms with E-state index in [1.807, 2.05) is 35.9 Å². The van der Waals surface area contributed by atoms with Gasteiger partial charge in [0.25, 0.3) is 5.91 Å². The summed E-state index contributed by atoms with van der Waals surface area (Å²) in [5, 5.41) is 3.70. The maximum absolute atomic E-state index is 13.2. The highest BCUT2D eigenvalue weighted by Gasteiger charge is 2.15. The second kappa shape index (κ2) is 5.22. The first-order chi connectivity index (χ1) is 10.1. The van der Waals surface area contributed by atoms with E-state index in [9.17, 15) is 9.18 Å². The van der Waals surface area contributed by atoms with Crippen LogP contribution in [0.3, 0.4) is 0 Å². The first-order valence-corrected chi connectivity index (χ1v) is 6.66. The van der Waals surface area contributed by atoms with Crippen LogP contribution in [0.1, 0.15) is 10.4 Å². The van der Waals surface area contributed by atoms with Crippen LogP contribution in [-0.4, -0.2) is 10.5 Å². The van der Waals surface area contributed by atoms with Gasteiger partial charge in [-0.1, -0.05) is 29.8 Å². The molecule has 1 aromatic heterocycles. The zero-order chi connectivity index (χ0) is 15.0. The minimum Gasteiger partial charge on any atom is -0.350 e. The number of carbonyl (C=O) groups excluding carboxylic acids is 1. The first-order valence-electron chi connectivity index (χ1n) is 6.28. The summed E-state index contributed by atoms with van der Waals surface area (Å²) in [5.41, 5.74) is 1.68. The van der Waals surface area contributed by atoms with E-state index in [-0.39, 0.29) is 16.6 Å². The largest absolute Gasteiger partial charge is 0.350 e. The number of para-hydroxylation sites is 1. The molecule has 3 nitrogen and oxygen atoms in total. The van der Waals surface area contributed by atoms with Gasteiger partial charge in [-0.25, -0.2) is 4.39 Å². The Labute approximate surface area is 125 Å². The molecule has 3 aromatic rings. The fraction of sp³-hybridized carbons (Fsp3) is 0.0625. The van der Waals surface area contributed by atoms with E-state index in [1.54, 1.807) is 6.20 Å². The average molecular weight is 302 g/mol. The Bertz CT molecular complexity index is 841. The van der Waals surface area contributed by atoms with Gasteiger partial charge in [-0.15, -0.1) is 0 Å². The molecule has 0 unspecified atom stereocenters. The van der Waals surface area contributed by atoms with Crippen molar-refractivity contribution in [3.05, 3.63) is 65.1 Å². The number of hydrogen-bond acceptors (Lipinski definition) is 1. The minimum atomic E-state index is -0.576. The van der Waals surface area contributed by atoms with Crippen molar-refractivity contribution in [2.45, 2.75) is 0 Å². The number of amides is 1. The van der Waals surface area contributed by atoms with Crippen molar-refractivity contribution in [3.8, 4) is 0 Å². The molecule has 0 saturated carbocycles. The molecule has 2 aromatic carbocycles. The van der Waals surface area contributed by atoms with Crippen LogP contribution in [0.25, 0.3) is 10.9 Å². The number of aryl methyl sites for hydroxylation is 1. The highest BCUT2D eigenvalue weighted by molar-refractivity contribution is 6.34. The number of anilines is 1. The van der Waals surface area contributed by atoms with Crippen LogP contribution in [0.15, 0.2) is 42.6 Å². The van der Waals surface area contributed by atoms with E-state index in [0.29, 0.717) is 5.56 Å². The first kappa shape index (κ1) is 13.6. The molecule has 1 amide bonds. The quantitative estimate of drug-likeness (QED) is 0.762. The monoisotopic (exact) mass is 301 g/mol. The van der Waals surface area contributed by atoms with Gasteiger partial charge in [-0.05, 0) is 18.2 Å². The Morgan fingerprint density at radius 3 is 2.95 bits per heavy atom. The summed E-state index contributed by atoms with van der Waals surface area (Å²) >= 11 is 5.93.